The maximum Gasteiger partial charge on any atom is 0.350 e. The van der Waals surface area contributed by atoms with Gasteiger partial charge in [0.15, 0.2) is 5.76 Å². The zero-order valence-electron chi connectivity index (χ0n) is 10.4. The van der Waals surface area contributed by atoms with Gasteiger partial charge in [-0.1, -0.05) is 5.16 Å². The molecule has 1 N–H and O–H groups in total. The fourth-order valence-electron chi connectivity index (χ4n) is 1.56. The number of methoxy groups -OCH3 is 1. The molecular weight excluding hydrogens is 272 g/mol. The third-order valence-corrected chi connectivity index (χ3v) is 2.42. The molecule has 10 nitrogen and oxygen atoms in total. The first-order chi connectivity index (χ1) is 9.51. The van der Waals surface area contributed by atoms with E-state index in [1.54, 1.807) is 6.07 Å². The third kappa shape index (κ3) is 2.80. The molecule has 0 spiro atoms. The second kappa shape index (κ2) is 5.48. The maximum absolute atomic E-state index is 11.6. The van der Waals surface area contributed by atoms with Gasteiger partial charge in [0.25, 0.3) is 0 Å². The Morgan fingerprint density at radius 1 is 1.55 bits per heavy atom. The van der Waals surface area contributed by atoms with E-state index in [1.165, 1.54) is 7.11 Å². The number of ether oxygens (including phenoxy) is 1. The largest absolute Gasteiger partial charge is 0.377 e. The summed E-state index contributed by atoms with van der Waals surface area (Å²) in [6.07, 6.45) is 0.867. The highest BCUT2D eigenvalue weighted by Gasteiger charge is 2.15. The highest BCUT2D eigenvalue weighted by Crippen LogP contribution is 2.07. The van der Waals surface area contributed by atoms with E-state index in [-0.39, 0.29) is 13.2 Å². The lowest BCUT2D eigenvalue weighted by molar-refractivity contribution is -0.386. The van der Waals surface area contributed by atoms with Crippen molar-refractivity contribution in [1.29, 1.82) is 0 Å². The Kier molecular flexibility index (Phi) is 3.75. The van der Waals surface area contributed by atoms with Crippen molar-refractivity contribution in [3.05, 3.63) is 54.7 Å². The lowest BCUT2D eigenvalue weighted by Crippen LogP contribution is -2.31. The normalized spacial score (nSPS) is 10.7. The minimum absolute atomic E-state index is 0.0658. The first-order valence-corrected chi connectivity index (χ1v) is 5.43. The molecule has 0 aromatic carbocycles. The van der Waals surface area contributed by atoms with E-state index in [4.69, 9.17) is 9.26 Å². The Morgan fingerprint density at radius 3 is 2.95 bits per heavy atom. The molecule has 106 valence electrons. The van der Waals surface area contributed by atoms with Crippen molar-refractivity contribution in [2.75, 3.05) is 7.11 Å². The van der Waals surface area contributed by atoms with Crippen LogP contribution in [0.2, 0.25) is 0 Å². The van der Waals surface area contributed by atoms with Crippen LogP contribution in [0.15, 0.2) is 26.4 Å². The predicted octanol–water partition coefficient (Wildman–Crippen LogP) is -0.372. The van der Waals surface area contributed by atoms with Crippen molar-refractivity contribution in [1.82, 2.24) is 14.7 Å². The number of nitro groups is 1. The van der Waals surface area contributed by atoms with Gasteiger partial charge < -0.3 is 9.26 Å². The summed E-state index contributed by atoms with van der Waals surface area (Å²) in [6.45, 7) is 0.150. The van der Waals surface area contributed by atoms with E-state index in [1.807, 2.05) is 4.98 Å². The summed E-state index contributed by atoms with van der Waals surface area (Å²) < 4.78 is 10.7. The van der Waals surface area contributed by atoms with E-state index >= 15 is 0 Å². The minimum Gasteiger partial charge on any atom is -0.377 e. The lowest BCUT2D eigenvalue weighted by Gasteiger charge is -2.00. The van der Waals surface area contributed by atoms with Gasteiger partial charge in [0.1, 0.15) is 12.3 Å². The average molecular weight is 282 g/mol. The second-order valence-corrected chi connectivity index (χ2v) is 3.88. The van der Waals surface area contributed by atoms with Crippen molar-refractivity contribution in [2.45, 2.75) is 13.2 Å². The van der Waals surface area contributed by atoms with Gasteiger partial charge in [0.05, 0.1) is 17.7 Å². The summed E-state index contributed by atoms with van der Waals surface area (Å²) in [6, 6.07) is 1.55. The molecule has 0 saturated carbocycles. The van der Waals surface area contributed by atoms with E-state index in [2.05, 4.69) is 5.16 Å². The molecule has 0 saturated heterocycles. The van der Waals surface area contributed by atoms with Crippen molar-refractivity contribution in [2.24, 2.45) is 0 Å². The Bertz CT molecular complexity index is 743. The van der Waals surface area contributed by atoms with Crippen LogP contribution in [0.25, 0.3) is 0 Å². The molecule has 2 heterocycles. The van der Waals surface area contributed by atoms with Crippen LogP contribution in [0.1, 0.15) is 11.5 Å². The summed E-state index contributed by atoms with van der Waals surface area (Å²) in [4.78, 5) is 34.4. The van der Waals surface area contributed by atoms with Crippen LogP contribution in [0.3, 0.4) is 0 Å². The Hall–Kier alpha value is -2.75. The SMILES string of the molecule is COCc1cc(Cn2cc([N+](=O)[O-])c(=O)[nH]c2=O)no1. The van der Waals surface area contributed by atoms with Crippen molar-refractivity contribution in [3.8, 4) is 0 Å². The van der Waals surface area contributed by atoms with Crippen LogP contribution in [0, 0.1) is 10.1 Å². The van der Waals surface area contributed by atoms with Crippen LogP contribution in [0.5, 0.6) is 0 Å². The van der Waals surface area contributed by atoms with Crippen LogP contribution < -0.4 is 11.2 Å². The molecule has 0 aliphatic rings. The van der Waals surface area contributed by atoms with Crippen LogP contribution >= 0.6 is 0 Å². The average Bonchev–Trinajstić information content (AvgIpc) is 2.80. The van der Waals surface area contributed by atoms with Gasteiger partial charge in [-0.2, -0.15) is 0 Å². The zero-order chi connectivity index (χ0) is 14.7. The summed E-state index contributed by atoms with van der Waals surface area (Å²) in [7, 11) is 1.48. The Morgan fingerprint density at radius 2 is 2.30 bits per heavy atom. The van der Waals surface area contributed by atoms with Gasteiger partial charge in [-0.3, -0.25) is 24.5 Å². The van der Waals surface area contributed by atoms with Gasteiger partial charge in [-0.05, 0) is 0 Å². The van der Waals surface area contributed by atoms with Gasteiger partial charge in [0.2, 0.25) is 0 Å². The first kappa shape index (κ1) is 13.7. The Labute approximate surface area is 110 Å². The summed E-state index contributed by atoms with van der Waals surface area (Å²) in [5.74, 6) is 0.453. The number of hydrogen-bond donors (Lipinski definition) is 1. The number of rotatable bonds is 5. The minimum atomic E-state index is -1.04. The van der Waals surface area contributed by atoms with Crippen LogP contribution in [0.4, 0.5) is 5.69 Å². The number of nitrogens with one attached hydrogen (secondary N) is 1. The van der Waals surface area contributed by atoms with E-state index < -0.39 is 21.9 Å². The number of hydrogen-bond acceptors (Lipinski definition) is 7. The lowest BCUT2D eigenvalue weighted by atomic mass is 10.3. The molecule has 0 atom stereocenters. The molecule has 0 amide bonds. The number of aromatic amines is 1. The number of H-pyrrole nitrogens is 1. The molecule has 2 aromatic rings. The Balaban J connectivity index is 2.33. The standard InChI is InChI=1S/C10H10N4O6/c1-19-5-7-2-6(12-20-7)3-13-4-8(14(17)18)9(15)11-10(13)16/h2,4H,3,5H2,1H3,(H,11,15,16). The molecule has 2 rings (SSSR count). The molecular formula is C10H10N4O6. The first-order valence-electron chi connectivity index (χ1n) is 5.43. The van der Waals surface area contributed by atoms with Gasteiger partial charge in [0, 0.05) is 13.2 Å². The predicted molar refractivity (Wildman–Crippen MR) is 64.3 cm³/mol. The molecule has 20 heavy (non-hydrogen) atoms. The highest BCUT2D eigenvalue weighted by atomic mass is 16.6. The fraction of sp³-hybridized carbons (Fsp3) is 0.300. The summed E-state index contributed by atoms with van der Waals surface area (Å²) in [5, 5.41) is 14.3. The van der Waals surface area contributed by atoms with Gasteiger partial charge >= 0.3 is 16.9 Å². The van der Waals surface area contributed by atoms with E-state index in [0.717, 1.165) is 10.8 Å². The van der Waals surface area contributed by atoms with Crippen LogP contribution in [-0.2, 0) is 17.9 Å². The topological polar surface area (TPSA) is 133 Å². The van der Waals surface area contributed by atoms with Crippen molar-refractivity contribution < 1.29 is 14.2 Å². The molecule has 10 heteroatoms. The molecule has 0 unspecified atom stereocenters. The molecule has 0 radical (unpaired) electrons. The quantitative estimate of drug-likeness (QED) is 0.584. The monoisotopic (exact) mass is 282 g/mol. The molecule has 0 aliphatic heterocycles. The maximum atomic E-state index is 11.6. The molecule has 2 aromatic heterocycles. The summed E-state index contributed by atoms with van der Waals surface area (Å²) >= 11 is 0. The highest BCUT2D eigenvalue weighted by molar-refractivity contribution is 5.21. The molecule has 0 fully saturated rings. The third-order valence-electron chi connectivity index (χ3n) is 2.42. The van der Waals surface area contributed by atoms with Gasteiger partial charge in [-0.15, -0.1) is 0 Å². The van der Waals surface area contributed by atoms with Crippen molar-refractivity contribution in [3.63, 3.8) is 0 Å². The van der Waals surface area contributed by atoms with Crippen molar-refractivity contribution >= 4 is 5.69 Å². The number of aromatic nitrogens is 3. The summed E-state index contributed by atoms with van der Waals surface area (Å²) in [5.41, 5.74) is -2.15. The zero-order valence-corrected chi connectivity index (χ0v) is 10.4. The number of nitrogens with zero attached hydrogens (tertiary/aromatic N) is 3. The second-order valence-electron chi connectivity index (χ2n) is 3.88. The molecule has 0 aliphatic carbocycles. The van der Waals surface area contributed by atoms with E-state index in [9.17, 15) is 19.7 Å². The molecule has 0 bridgehead atoms. The smallest absolute Gasteiger partial charge is 0.350 e. The fourth-order valence-corrected chi connectivity index (χ4v) is 1.56. The van der Waals surface area contributed by atoms with Gasteiger partial charge in [-0.25, -0.2) is 4.79 Å². The van der Waals surface area contributed by atoms with Crippen LogP contribution in [-0.4, -0.2) is 26.7 Å². The van der Waals surface area contributed by atoms with E-state index in [0.29, 0.717) is 11.5 Å².